The molecule has 2 aliphatic carbocycles. The zero-order chi connectivity index (χ0) is 15.0. The van der Waals surface area contributed by atoms with Crippen LogP contribution in [0.25, 0.3) is 6.08 Å². The first-order chi connectivity index (χ1) is 9.99. The molecule has 0 heterocycles. The van der Waals surface area contributed by atoms with Crippen LogP contribution in [0.3, 0.4) is 0 Å². The predicted molar refractivity (Wildman–Crippen MR) is 92.8 cm³/mol. The maximum atomic E-state index is 12.3. The highest BCUT2D eigenvalue weighted by atomic mass is 127. The fraction of sp³-hybridized carbons (Fsp3) is 0.389. The van der Waals surface area contributed by atoms with Crippen LogP contribution in [0.2, 0.25) is 0 Å². The molecule has 0 spiro atoms. The Hall–Kier alpha value is -0.940. The lowest BCUT2D eigenvalue weighted by Crippen LogP contribution is -2.40. The van der Waals surface area contributed by atoms with Crippen molar-refractivity contribution in [1.29, 1.82) is 0 Å². The molecular weight excluding hydrogens is 375 g/mol. The van der Waals surface area contributed by atoms with Gasteiger partial charge in [0.05, 0.1) is 6.10 Å². The molecule has 0 aliphatic heterocycles. The van der Waals surface area contributed by atoms with Gasteiger partial charge < -0.3 is 5.11 Å². The van der Waals surface area contributed by atoms with Crippen molar-refractivity contribution in [1.82, 2.24) is 0 Å². The van der Waals surface area contributed by atoms with E-state index >= 15 is 0 Å². The van der Waals surface area contributed by atoms with Crippen LogP contribution in [0.15, 0.2) is 41.5 Å². The Morgan fingerprint density at radius 1 is 1.33 bits per heavy atom. The van der Waals surface area contributed by atoms with E-state index < -0.39 is 0 Å². The van der Waals surface area contributed by atoms with Gasteiger partial charge >= 0.3 is 0 Å². The molecule has 0 amide bonds. The molecule has 3 heteroatoms. The molecule has 2 atom stereocenters. The van der Waals surface area contributed by atoms with Gasteiger partial charge in [0.1, 0.15) is 0 Å². The highest BCUT2D eigenvalue weighted by molar-refractivity contribution is 14.1. The van der Waals surface area contributed by atoms with Gasteiger partial charge in [-0.25, -0.2) is 0 Å². The van der Waals surface area contributed by atoms with Gasteiger partial charge in [-0.05, 0) is 78.1 Å². The summed E-state index contributed by atoms with van der Waals surface area (Å²) in [7, 11) is 0. The number of carbonyl (C=O) groups excluding carboxylic acids is 1. The van der Waals surface area contributed by atoms with E-state index in [2.05, 4.69) is 29.5 Å². The molecule has 3 rings (SSSR count). The number of aliphatic hydroxyl groups excluding tert-OH is 1. The van der Waals surface area contributed by atoms with E-state index in [9.17, 15) is 9.90 Å². The largest absolute Gasteiger partial charge is 0.392 e. The van der Waals surface area contributed by atoms with Crippen molar-refractivity contribution in [3.63, 3.8) is 0 Å². The number of aliphatic hydroxyl groups is 1. The fourth-order valence-corrected chi connectivity index (χ4v) is 3.75. The standard InChI is InChI=1S/C18H19IO2/c1-18-11-13(9-12-5-7-15(19)8-6-12)16(20)10-14(18)3-2-4-17(18)21/h5-10,17,21H,2-4,11H2,1H3/b13-9+/t17-,18-/m0/s1. The van der Waals surface area contributed by atoms with Crippen molar-refractivity contribution in [3.05, 3.63) is 50.6 Å². The molecule has 110 valence electrons. The van der Waals surface area contributed by atoms with Crippen LogP contribution in [0.1, 0.15) is 38.2 Å². The molecule has 0 aromatic heterocycles. The lowest BCUT2D eigenvalue weighted by molar-refractivity contribution is -0.112. The van der Waals surface area contributed by atoms with E-state index in [0.29, 0.717) is 6.42 Å². The van der Waals surface area contributed by atoms with Gasteiger partial charge in [0, 0.05) is 14.6 Å². The van der Waals surface area contributed by atoms with Crippen molar-refractivity contribution in [2.45, 2.75) is 38.7 Å². The van der Waals surface area contributed by atoms with Crippen molar-refractivity contribution in [2.24, 2.45) is 5.41 Å². The van der Waals surface area contributed by atoms with Gasteiger partial charge in [0.15, 0.2) is 5.78 Å². The number of ketones is 1. The number of rotatable bonds is 1. The number of allylic oxidation sites excluding steroid dienone is 2. The Bertz CT molecular complexity index is 627. The van der Waals surface area contributed by atoms with Crippen LogP contribution in [0.5, 0.6) is 0 Å². The molecule has 2 nitrogen and oxygen atoms in total. The monoisotopic (exact) mass is 394 g/mol. The average Bonchev–Trinajstić information content (AvgIpc) is 2.45. The first kappa shape index (κ1) is 15.0. The Labute approximate surface area is 139 Å². The summed E-state index contributed by atoms with van der Waals surface area (Å²) in [6.45, 7) is 2.09. The third-order valence-electron chi connectivity index (χ3n) is 4.78. The van der Waals surface area contributed by atoms with Crippen molar-refractivity contribution in [3.8, 4) is 0 Å². The van der Waals surface area contributed by atoms with E-state index in [0.717, 1.165) is 36.0 Å². The van der Waals surface area contributed by atoms with Crippen molar-refractivity contribution >= 4 is 34.5 Å². The minimum Gasteiger partial charge on any atom is -0.392 e. The van der Waals surface area contributed by atoms with E-state index in [4.69, 9.17) is 0 Å². The molecule has 1 saturated carbocycles. The second-order valence-corrected chi connectivity index (χ2v) is 7.50. The van der Waals surface area contributed by atoms with Crippen LogP contribution >= 0.6 is 22.6 Å². The summed E-state index contributed by atoms with van der Waals surface area (Å²) in [6, 6.07) is 8.14. The average molecular weight is 394 g/mol. The van der Waals surface area contributed by atoms with E-state index in [1.165, 1.54) is 3.57 Å². The van der Waals surface area contributed by atoms with E-state index in [1.807, 2.05) is 30.3 Å². The SMILES string of the molecule is C[C@]12C/C(=C\c3ccc(I)cc3)C(=O)C=C1CCC[C@@H]2O. The Morgan fingerprint density at radius 3 is 2.76 bits per heavy atom. The first-order valence-corrected chi connectivity index (χ1v) is 8.46. The highest BCUT2D eigenvalue weighted by Gasteiger charge is 2.43. The molecule has 1 N–H and O–H groups in total. The zero-order valence-corrected chi connectivity index (χ0v) is 14.3. The van der Waals surface area contributed by atoms with Crippen LogP contribution in [-0.2, 0) is 4.79 Å². The lowest BCUT2D eigenvalue weighted by Gasteiger charge is -2.43. The third-order valence-corrected chi connectivity index (χ3v) is 5.50. The predicted octanol–water partition coefficient (Wildman–Crippen LogP) is 4.12. The van der Waals surface area contributed by atoms with Crippen LogP contribution in [0.4, 0.5) is 0 Å². The number of hydrogen-bond acceptors (Lipinski definition) is 2. The van der Waals surface area contributed by atoms with Crippen LogP contribution in [0, 0.1) is 8.99 Å². The van der Waals surface area contributed by atoms with Gasteiger partial charge in [0.2, 0.25) is 0 Å². The molecule has 0 radical (unpaired) electrons. The quantitative estimate of drug-likeness (QED) is 0.575. The Balaban J connectivity index is 1.96. The minimum absolute atomic E-state index is 0.107. The number of hydrogen-bond donors (Lipinski definition) is 1. The maximum absolute atomic E-state index is 12.3. The topological polar surface area (TPSA) is 37.3 Å². The molecule has 1 aromatic rings. The molecule has 21 heavy (non-hydrogen) atoms. The van der Waals surface area contributed by atoms with Crippen LogP contribution < -0.4 is 0 Å². The summed E-state index contributed by atoms with van der Waals surface area (Å²) >= 11 is 2.27. The fourth-order valence-electron chi connectivity index (χ4n) is 3.39. The summed E-state index contributed by atoms with van der Waals surface area (Å²) in [6.07, 6.45) is 6.79. The second kappa shape index (κ2) is 5.69. The van der Waals surface area contributed by atoms with Crippen LogP contribution in [-0.4, -0.2) is 17.0 Å². The number of carbonyl (C=O) groups is 1. The molecule has 2 aliphatic rings. The summed E-state index contributed by atoms with van der Waals surface area (Å²) < 4.78 is 1.18. The lowest BCUT2D eigenvalue weighted by atomic mass is 9.63. The van der Waals surface area contributed by atoms with Gasteiger partial charge in [-0.3, -0.25) is 4.79 Å². The molecule has 0 unspecified atom stereocenters. The summed E-state index contributed by atoms with van der Waals surface area (Å²) in [5, 5.41) is 10.4. The summed E-state index contributed by atoms with van der Waals surface area (Å²) in [5.74, 6) is 0.107. The zero-order valence-electron chi connectivity index (χ0n) is 12.1. The molecule has 1 fully saturated rings. The smallest absolute Gasteiger partial charge is 0.181 e. The molecule has 0 bridgehead atoms. The van der Waals surface area contributed by atoms with Gasteiger partial charge in [0.25, 0.3) is 0 Å². The maximum Gasteiger partial charge on any atom is 0.181 e. The Kier molecular flexibility index (Phi) is 4.06. The Morgan fingerprint density at radius 2 is 2.05 bits per heavy atom. The molecule has 1 aromatic carbocycles. The minimum atomic E-state index is -0.342. The van der Waals surface area contributed by atoms with E-state index in [1.54, 1.807) is 6.08 Å². The summed E-state index contributed by atoms with van der Waals surface area (Å²) in [5.41, 5.74) is 2.72. The van der Waals surface area contributed by atoms with Crippen molar-refractivity contribution in [2.75, 3.05) is 0 Å². The van der Waals surface area contributed by atoms with Crippen molar-refractivity contribution < 1.29 is 9.90 Å². The van der Waals surface area contributed by atoms with Gasteiger partial charge in [-0.1, -0.05) is 24.6 Å². The second-order valence-electron chi connectivity index (χ2n) is 6.26. The first-order valence-electron chi connectivity index (χ1n) is 7.38. The van der Waals surface area contributed by atoms with Gasteiger partial charge in [-0.15, -0.1) is 0 Å². The normalized spacial score (nSPS) is 31.0. The number of halogens is 1. The highest BCUT2D eigenvalue weighted by Crippen LogP contribution is 2.48. The molecular formula is C18H19IO2. The number of benzene rings is 1. The molecule has 0 saturated heterocycles. The third kappa shape index (κ3) is 2.86. The summed E-state index contributed by atoms with van der Waals surface area (Å²) in [4.78, 5) is 12.3. The van der Waals surface area contributed by atoms with E-state index in [-0.39, 0.29) is 17.3 Å². The van der Waals surface area contributed by atoms with Gasteiger partial charge in [-0.2, -0.15) is 0 Å². The number of fused-ring (bicyclic) bond motifs is 1.